The summed E-state index contributed by atoms with van der Waals surface area (Å²) in [5, 5.41) is 2.43. The first-order valence-corrected chi connectivity index (χ1v) is 5.17. The van der Waals surface area contributed by atoms with Crippen molar-refractivity contribution in [3.63, 3.8) is 0 Å². The molecule has 0 saturated heterocycles. The third kappa shape index (κ3) is 1.65. The Balaban J connectivity index is 2.79. The van der Waals surface area contributed by atoms with Crippen molar-refractivity contribution >= 4 is 17.1 Å². The van der Waals surface area contributed by atoms with E-state index in [9.17, 15) is 4.79 Å². The van der Waals surface area contributed by atoms with Crippen LogP contribution in [0, 0.1) is 6.92 Å². The maximum Gasteiger partial charge on any atom is 0.127 e. The lowest BCUT2D eigenvalue weighted by Crippen LogP contribution is -1.96. The number of hydrogen-bond acceptors (Lipinski definition) is 1. The molecule has 0 heterocycles. The van der Waals surface area contributed by atoms with Gasteiger partial charge in [0.05, 0.1) is 0 Å². The molecule has 0 aromatic heterocycles. The molecule has 2 aromatic rings. The zero-order valence-corrected chi connectivity index (χ0v) is 9.03. The second-order valence-electron chi connectivity index (χ2n) is 3.95. The van der Waals surface area contributed by atoms with E-state index in [1.165, 1.54) is 16.3 Å². The number of aryl methyl sites for hydroxylation is 1. The first-order chi connectivity index (χ1) is 7.24. The Morgan fingerprint density at radius 2 is 1.80 bits per heavy atom. The van der Waals surface area contributed by atoms with Gasteiger partial charge in [0.1, 0.15) is 6.29 Å². The summed E-state index contributed by atoms with van der Waals surface area (Å²) in [5.74, 6) is -0.0326. The maximum atomic E-state index is 10.9. The molecular weight excluding hydrogens is 184 g/mol. The number of hydrogen-bond donors (Lipinski definition) is 0. The molecule has 15 heavy (non-hydrogen) atoms. The van der Waals surface area contributed by atoms with Gasteiger partial charge in [0.15, 0.2) is 0 Å². The second kappa shape index (κ2) is 3.85. The number of fused-ring (bicyclic) bond motifs is 1. The van der Waals surface area contributed by atoms with Gasteiger partial charge in [-0.1, -0.05) is 43.3 Å². The number of rotatable bonds is 2. The minimum absolute atomic E-state index is 0.0326. The van der Waals surface area contributed by atoms with Gasteiger partial charge >= 0.3 is 0 Å². The molecular formula is C14H14O. The molecule has 0 fully saturated rings. The molecule has 76 valence electrons. The third-order valence-corrected chi connectivity index (χ3v) is 2.84. The Hall–Kier alpha value is -1.63. The van der Waals surface area contributed by atoms with Crippen LogP contribution < -0.4 is 0 Å². The van der Waals surface area contributed by atoms with Crippen LogP contribution in [0.1, 0.15) is 24.0 Å². The van der Waals surface area contributed by atoms with E-state index in [0.717, 1.165) is 11.8 Å². The molecule has 0 amide bonds. The number of carbonyl (C=O) groups is 1. The van der Waals surface area contributed by atoms with Crippen LogP contribution in [0.4, 0.5) is 0 Å². The van der Waals surface area contributed by atoms with Crippen molar-refractivity contribution in [2.45, 2.75) is 19.8 Å². The zero-order chi connectivity index (χ0) is 10.8. The van der Waals surface area contributed by atoms with E-state index >= 15 is 0 Å². The van der Waals surface area contributed by atoms with Crippen LogP contribution in [0.25, 0.3) is 10.8 Å². The molecule has 1 heteroatoms. The normalized spacial score (nSPS) is 12.7. The molecule has 0 aliphatic heterocycles. The molecule has 0 aliphatic carbocycles. The first kappa shape index (κ1) is 9.91. The van der Waals surface area contributed by atoms with Gasteiger partial charge in [0.25, 0.3) is 0 Å². The SMILES string of the molecule is Cc1cccc2cccc(C(C)C=O)c12. The van der Waals surface area contributed by atoms with Crippen LogP contribution in [0.3, 0.4) is 0 Å². The minimum atomic E-state index is -0.0326. The summed E-state index contributed by atoms with van der Waals surface area (Å²) in [4.78, 5) is 10.9. The van der Waals surface area contributed by atoms with E-state index in [0.29, 0.717) is 0 Å². The number of aldehydes is 1. The minimum Gasteiger partial charge on any atom is -0.303 e. The summed E-state index contributed by atoms with van der Waals surface area (Å²) in [5.41, 5.74) is 2.36. The van der Waals surface area contributed by atoms with E-state index in [2.05, 4.69) is 25.1 Å². The quantitative estimate of drug-likeness (QED) is 0.675. The largest absolute Gasteiger partial charge is 0.303 e. The van der Waals surface area contributed by atoms with Gasteiger partial charge in [-0.25, -0.2) is 0 Å². The summed E-state index contributed by atoms with van der Waals surface area (Å²) >= 11 is 0. The van der Waals surface area contributed by atoms with Crippen molar-refractivity contribution in [2.24, 2.45) is 0 Å². The van der Waals surface area contributed by atoms with E-state index in [4.69, 9.17) is 0 Å². The summed E-state index contributed by atoms with van der Waals surface area (Å²) in [6.45, 7) is 4.03. The van der Waals surface area contributed by atoms with E-state index in [1.807, 2.05) is 25.1 Å². The number of carbonyl (C=O) groups excluding carboxylic acids is 1. The lowest BCUT2D eigenvalue weighted by Gasteiger charge is -2.11. The summed E-state index contributed by atoms with van der Waals surface area (Å²) in [6, 6.07) is 12.4. The Morgan fingerprint density at radius 3 is 2.47 bits per heavy atom. The number of benzene rings is 2. The van der Waals surface area contributed by atoms with Gasteiger partial charge in [-0.05, 0) is 28.8 Å². The highest BCUT2D eigenvalue weighted by atomic mass is 16.1. The van der Waals surface area contributed by atoms with Crippen molar-refractivity contribution in [3.8, 4) is 0 Å². The summed E-state index contributed by atoms with van der Waals surface area (Å²) in [7, 11) is 0. The molecule has 1 nitrogen and oxygen atoms in total. The van der Waals surface area contributed by atoms with Crippen molar-refractivity contribution in [1.82, 2.24) is 0 Å². The lowest BCUT2D eigenvalue weighted by atomic mass is 9.93. The van der Waals surface area contributed by atoms with E-state index in [1.54, 1.807) is 0 Å². The fourth-order valence-electron chi connectivity index (χ4n) is 2.02. The predicted octanol–water partition coefficient (Wildman–Crippen LogP) is 3.45. The average Bonchev–Trinajstić information content (AvgIpc) is 2.28. The van der Waals surface area contributed by atoms with Crippen LogP contribution in [0.15, 0.2) is 36.4 Å². The van der Waals surface area contributed by atoms with Gasteiger partial charge < -0.3 is 4.79 Å². The van der Waals surface area contributed by atoms with Crippen LogP contribution in [-0.4, -0.2) is 6.29 Å². The van der Waals surface area contributed by atoms with Gasteiger partial charge in [-0.3, -0.25) is 0 Å². The van der Waals surface area contributed by atoms with E-state index in [-0.39, 0.29) is 5.92 Å². The molecule has 0 radical (unpaired) electrons. The molecule has 0 N–H and O–H groups in total. The summed E-state index contributed by atoms with van der Waals surface area (Å²) in [6.07, 6.45) is 1.00. The van der Waals surface area contributed by atoms with Gasteiger partial charge in [0, 0.05) is 5.92 Å². The van der Waals surface area contributed by atoms with Crippen LogP contribution in [0.2, 0.25) is 0 Å². The zero-order valence-electron chi connectivity index (χ0n) is 9.03. The van der Waals surface area contributed by atoms with Gasteiger partial charge in [-0.2, -0.15) is 0 Å². The van der Waals surface area contributed by atoms with Crippen LogP contribution in [0.5, 0.6) is 0 Å². The topological polar surface area (TPSA) is 17.1 Å². The second-order valence-corrected chi connectivity index (χ2v) is 3.95. The monoisotopic (exact) mass is 198 g/mol. The first-order valence-electron chi connectivity index (χ1n) is 5.17. The Morgan fingerprint density at radius 1 is 1.13 bits per heavy atom. The Kier molecular flexibility index (Phi) is 2.55. The molecule has 0 aliphatic rings. The Bertz CT molecular complexity index is 494. The van der Waals surface area contributed by atoms with Crippen LogP contribution >= 0.6 is 0 Å². The molecule has 0 saturated carbocycles. The van der Waals surface area contributed by atoms with Crippen LogP contribution in [-0.2, 0) is 4.79 Å². The highest BCUT2D eigenvalue weighted by Crippen LogP contribution is 2.27. The maximum absolute atomic E-state index is 10.9. The van der Waals surface area contributed by atoms with Gasteiger partial charge in [0.2, 0.25) is 0 Å². The summed E-state index contributed by atoms with van der Waals surface area (Å²) < 4.78 is 0. The molecule has 0 bridgehead atoms. The average molecular weight is 198 g/mol. The highest BCUT2D eigenvalue weighted by Gasteiger charge is 2.09. The molecule has 1 atom stereocenters. The molecule has 2 aromatic carbocycles. The predicted molar refractivity (Wildman–Crippen MR) is 63.2 cm³/mol. The fraction of sp³-hybridized carbons (Fsp3) is 0.214. The van der Waals surface area contributed by atoms with Crippen molar-refractivity contribution < 1.29 is 4.79 Å². The third-order valence-electron chi connectivity index (χ3n) is 2.84. The fourth-order valence-corrected chi connectivity index (χ4v) is 2.02. The van der Waals surface area contributed by atoms with Crippen molar-refractivity contribution in [1.29, 1.82) is 0 Å². The smallest absolute Gasteiger partial charge is 0.127 e. The van der Waals surface area contributed by atoms with Gasteiger partial charge in [-0.15, -0.1) is 0 Å². The highest BCUT2D eigenvalue weighted by molar-refractivity contribution is 5.91. The van der Waals surface area contributed by atoms with Crippen molar-refractivity contribution in [2.75, 3.05) is 0 Å². The molecule has 0 spiro atoms. The van der Waals surface area contributed by atoms with E-state index < -0.39 is 0 Å². The molecule has 1 unspecified atom stereocenters. The molecule has 2 rings (SSSR count). The van der Waals surface area contributed by atoms with Crippen molar-refractivity contribution in [3.05, 3.63) is 47.5 Å². The standard InChI is InChI=1S/C14H14O/c1-10-5-3-6-12-7-4-8-13(14(10)12)11(2)9-15/h3-9,11H,1-2H3. The Labute approximate surface area is 89.7 Å². The lowest BCUT2D eigenvalue weighted by molar-refractivity contribution is -0.108.